The Morgan fingerprint density at radius 1 is 1.10 bits per heavy atom. The van der Waals surface area contributed by atoms with Crippen LogP contribution in [0, 0.1) is 0 Å². The first kappa shape index (κ1) is 19.6. The molecule has 0 saturated carbocycles. The Hall–Kier alpha value is -2.68. The Kier molecular flexibility index (Phi) is 6.56. The van der Waals surface area contributed by atoms with Gasteiger partial charge in [0.15, 0.2) is 0 Å². The van der Waals surface area contributed by atoms with Crippen molar-refractivity contribution >= 4 is 17.6 Å². The number of nitrogens with zero attached hydrogens (tertiary/aromatic N) is 5. The van der Waals surface area contributed by atoms with Gasteiger partial charge < -0.3 is 25.0 Å². The van der Waals surface area contributed by atoms with Crippen LogP contribution in [0.25, 0.3) is 0 Å². The SMILES string of the molecule is CCOc1cc(NC2CCN(c3nccc(NC4CCCOC4)n3)CC2)ncn1. The van der Waals surface area contributed by atoms with Crippen LogP contribution in [-0.4, -0.2) is 64.9 Å². The number of nitrogens with one attached hydrogen (secondary N) is 2. The van der Waals surface area contributed by atoms with Gasteiger partial charge in [-0.05, 0) is 38.7 Å². The molecule has 2 aromatic rings. The second-order valence-electron chi connectivity index (χ2n) is 7.38. The Morgan fingerprint density at radius 3 is 2.76 bits per heavy atom. The molecule has 9 heteroatoms. The fraction of sp³-hybridized carbons (Fsp3) is 0.600. The van der Waals surface area contributed by atoms with E-state index in [1.807, 2.05) is 25.3 Å². The highest BCUT2D eigenvalue weighted by atomic mass is 16.5. The Balaban J connectivity index is 1.30. The highest BCUT2D eigenvalue weighted by Crippen LogP contribution is 2.21. The van der Waals surface area contributed by atoms with Gasteiger partial charge in [-0.2, -0.15) is 4.98 Å². The van der Waals surface area contributed by atoms with Gasteiger partial charge >= 0.3 is 0 Å². The summed E-state index contributed by atoms with van der Waals surface area (Å²) in [6.07, 6.45) is 7.55. The molecule has 2 fully saturated rings. The van der Waals surface area contributed by atoms with E-state index in [0.29, 0.717) is 24.6 Å². The lowest BCUT2D eigenvalue weighted by Gasteiger charge is -2.33. The third-order valence-electron chi connectivity index (χ3n) is 5.22. The van der Waals surface area contributed by atoms with Gasteiger partial charge in [-0.3, -0.25) is 0 Å². The molecule has 0 amide bonds. The third kappa shape index (κ3) is 5.44. The van der Waals surface area contributed by atoms with E-state index >= 15 is 0 Å². The molecule has 2 aliphatic heterocycles. The van der Waals surface area contributed by atoms with Crippen LogP contribution in [0.15, 0.2) is 24.7 Å². The molecule has 1 atom stereocenters. The fourth-order valence-corrected chi connectivity index (χ4v) is 3.72. The molecule has 4 rings (SSSR count). The second-order valence-corrected chi connectivity index (χ2v) is 7.38. The van der Waals surface area contributed by atoms with Gasteiger partial charge in [0.2, 0.25) is 11.8 Å². The Labute approximate surface area is 171 Å². The minimum Gasteiger partial charge on any atom is -0.478 e. The lowest BCUT2D eigenvalue weighted by atomic mass is 10.1. The smallest absolute Gasteiger partial charge is 0.227 e. The highest BCUT2D eigenvalue weighted by molar-refractivity contribution is 5.43. The minimum atomic E-state index is 0.330. The van der Waals surface area contributed by atoms with Crippen LogP contribution in [0.1, 0.15) is 32.6 Å². The number of hydrogen-bond donors (Lipinski definition) is 2. The van der Waals surface area contributed by atoms with Crippen LogP contribution >= 0.6 is 0 Å². The third-order valence-corrected chi connectivity index (χ3v) is 5.22. The van der Waals surface area contributed by atoms with E-state index in [9.17, 15) is 0 Å². The van der Waals surface area contributed by atoms with E-state index in [4.69, 9.17) is 14.5 Å². The van der Waals surface area contributed by atoms with Crippen LogP contribution in [0.4, 0.5) is 17.6 Å². The molecule has 4 heterocycles. The van der Waals surface area contributed by atoms with Gasteiger partial charge in [-0.1, -0.05) is 0 Å². The number of rotatable bonds is 7. The van der Waals surface area contributed by atoms with E-state index in [2.05, 4.69) is 30.5 Å². The lowest BCUT2D eigenvalue weighted by Crippen LogP contribution is -2.40. The van der Waals surface area contributed by atoms with Crippen LogP contribution < -0.4 is 20.3 Å². The Morgan fingerprint density at radius 2 is 1.97 bits per heavy atom. The summed E-state index contributed by atoms with van der Waals surface area (Å²) in [7, 11) is 0. The average Bonchev–Trinajstić information content (AvgIpc) is 2.76. The van der Waals surface area contributed by atoms with Crippen molar-refractivity contribution in [3.8, 4) is 5.88 Å². The molecule has 2 N–H and O–H groups in total. The first-order valence-electron chi connectivity index (χ1n) is 10.4. The number of aromatic nitrogens is 4. The fourth-order valence-electron chi connectivity index (χ4n) is 3.72. The first-order chi connectivity index (χ1) is 14.3. The van der Waals surface area contributed by atoms with Gasteiger partial charge in [0, 0.05) is 38.0 Å². The molecule has 0 radical (unpaired) electrons. The molecule has 156 valence electrons. The predicted octanol–water partition coefficient (Wildman–Crippen LogP) is 2.34. The summed E-state index contributed by atoms with van der Waals surface area (Å²) in [5, 5.41) is 6.97. The van der Waals surface area contributed by atoms with Crippen molar-refractivity contribution in [2.75, 3.05) is 48.4 Å². The van der Waals surface area contributed by atoms with E-state index in [1.54, 1.807) is 0 Å². The molecular formula is C20H29N7O2. The molecule has 2 aromatic heterocycles. The van der Waals surface area contributed by atoms with Gasteiger partial charge in [0.1, 0.15) is 18.0 Å². The molecular weight excluding hydrogens is 370 g/mol. The molecule has 29 heavy (non-hydrogen) atoms. The quantitative estimate of drug-likeness (QED) is 0.727. The van der Waals surface area contributed by atoms with Crippen molar-refractivity contribution in [2.24, 2.45) is 0 Å². The number of piperidine rings is 1. The number of anilines is 3. The van der Waals surface area contributed by atoms with Crippen LogP contribution in [0.2, 0.25) is 0 Å². The standard InChI is InChI=1S/C20H29N7O2/c1-2-29-19-12-18(22-14-23-19)24-15-6-9-27(10-7-15)20-21-8-5-17(26-20)25-16-4-3-11-28-13-16/h5,8,12,14-16H,2-4,6-7,9-11,13H2,1H3,(H,21,25,26)(H,22,23,24). The normalized spacial score (nSPS) is 20.3. The molecule has 0 aliphatic carbocycles. The first-order valence-corrected chi connectivity index (χ1v) is 10.4. The van der Waals surface area contributed by atoms with Crippen molar-refractivity contribution in [1.82, 2.24) is 19.9 Å². The average molecular weight is 399 g/mol. The second kappa shape index (κ2) is 9.69. The minimum absolute atomic E-state index is 0.330. The van der Waals surface area contributed by atoms with Gasteiger partial charge in [-0.25, -0.2) is 15.0 Å². The van der Waals surface area contributed by atoms with Crippen LogP contribution in [0.5, 0.6) is 5.88 Å². The zero-order valence-electron chi connectivity index (χ0n) is 16.9. The number of hydrogen-bond acceptors (Lipinski definition) is 9. The zero-order valence-corrected chi connectivity index (χ0v) is 16.9. The summed E-state index contributed by atoms with van der Waals surface area (Å²) in [5.74, 6) is 3.06. The molecule has 9 nitrogen and oxygen atoms in total. The molecule has 0 bridgehead atoms. The van der Waals surface area contributed by atoms with Gasteiger partial charge in [-0.15, -0.1) is 0 Å². The van der Waals surface area contributed by atoms with E-state index in [1.165, 1.54) is 6.33 Å². The zero-order chi connectivity index (χ0) is 19.9. The largest absolute Gasteiger partial charge is 0.478 e. The summed E-state index contributed by atoms with van der Waals surface area (Å²) in [6, 6.07) is 4.47. The highest BCUT2D eigenvalue weighted by Gasteiger charge is 2.22. The topological polar surface area (TPSA) is 97.3 Å². The van der Waals surface area contributed by atoms with Crippen LogP contribution in [0.3, 0.4) is 0 Å². The lowest BCUT2D eigenvalue weighted by molar-refractivity contribution is 0.0875. The van der Waals surface area contributed by atoms with Crippen molar-refractivity contribution in [3.05, 3.63) is 24.7 Å². The van der Waals surface area contributed by atoms with Crippen molar-refractivity contribution in [3.63, 3.8) is 0 Å². The van der Waals surface area contributed by atoms with Crippen molar-refractivity contribution in [1.29, 1.82) is 0 Å². The van der Waals surface area contributed by atoms with Crippen molar-refractivity contribution < 1.29 is 9.47 Å². The summed E-state index contributed by atoms with van der Waals surface area (Å²) in [5.41, 5.74) is 0. The Bertz CT molecular complexity index is 777. The monoisotopic (exact) mass is 399 g/mol. The maximum Gasteiger partial charge on any atom is 0.227 e. The molecule has 0 aromatic carbocycles. The van der Waals surface area contributed by atoms with E-state index < -0.39 is 0 Å². The summed E-state index contributed by atoms with van der Waals surface area (Å²) >= 11 is 0. The van der Waals surface area contributed by atoms with Gasteiger partial charge in [0.05, 0.1) is 19.3 Å². The molecule has 1 unspecified atom stereocenters. The van der Waals surface area contributed by atoms with Crippen molar-refractivity contribution in [2.45, 2.75) is 44.7 Å². The number of ether oxygens (including phenoxy) is 2. The molecule has 0 spiro atoms. The van der Waals surface area contributed by atoms with Gasteiger partial charge in [0.25, 0.3) is 0 Å². The molecule has 2 aliphatic rings. The van der Waals surface area contributed by atoms with E-state index in [-0.39, 0.29) is 0 Å². The molecule has 2 saturated heterocycles. The maximum atomic E-state index is 5.54. The maximum absolute atomic E-state index is 5.54. The van der Waals surface area contributed by atoms with E-state index in [0.717, 1.165) is 69.6 Å². The predicted molar refractivity (Wildman–Crippen MR) is 112 cm³/mol. The van der Waals surface area contributed by atoms with Crippen LogP contribution in [-0.2, 0) is 4.74 Å². The summed E-state index contributed by atoms with van der Waals surface area (Å²) in [4.78, 5) is 19.9. The summed E-state index contributed by atoms with van der Waals surface area (Å²) < 4.78 is 11.0. The summed E-state index contributed by atoms with van der Waals surface area (Å²) in [6.45, 7) is 5.94.